The average molecular weight is 278 g/mol. The summed E-state index contributed by atoms with van der Waals surface area (Å²) in [5.74, 6) is 0. The number of hydrogen-bond acceptors (Lipinski definition) is 4. The predicted octanol–water partition coefficient (Wildman–Crippen LogP) is 1.58. The predicted molar refractivity (Wildman–Crippen MR) is 65.0 cm³/mol. The first kappa shape index (κ1) is 15.6. The third-order valence-corrected chi connectivity index (χ3v) is 1.78. The van der Waals surface area contributed by atoms with Crippen molar-refractivity contribution in [2.45, 2.75) is 0 Å². The second-order valence-electron chi connectivity index (χ2n) is 2.92. The number of hydrogen-bond donors (Lipinski definition) is 1. The summed E-state index contributed by atoms with van der Waals surface area (Å²) in [6, 6.07) is 8.54. The fourth-order valence-electron chi connectivity index (χ4n) is 0.694. The Morgan fingerprint density at radius 2 is 1.82 bits per heavy atom. The van der Waals surface area contributed by atoms with Gasteiger partial charge in [-0.3, -0.25) is 5.43 Å². The highest BCUT2D eigenvalue weighted by Crippen LogP contribution is 2.03. The van der Waals surface area contributed by atoms with Crippen molar-refractivity contribution in [3.63, 3.8) is 0 Å². The molecule has 1 aromatic rings. The van der Waals surface area contributed by atoms with Gasteiger partial charge < -0.3 is 0 Å². The van der Waals surface area contributed by atoms with Crippen LogP contribution in [0.1, 0.15) is 0 Å². The number of rotatable bonds is 1. The molecule has 0 saturated carbocycles. The van der Waals surface area contributed by atoms with Gasteiger partial charge in [-0.1, -0.05) is 34.2 Å². The second kappa shape index (κ2) is 8.68. The lowest BCUT2D eigenvalue weighted by molar-refractivity contribution is 0.222. The molecule has 17 heavy (non-hydrogen) atoms. The maximum atomic E-state index is 10.4. The standard InChI is InChI=1S/C6H5Cl.C3H7N3O3S/c7-6-4-2-1-3-5-6;1-6(2)4-3(7)5-10(8)9/h1-5H;1-2H3,(H,4,7). The molecule has 6 nitrogen and oxygen atoms in total. The zero-order valence-electron chi connectivity index (χ0n) is 9.29. The van der Waals surface area contributed by atoms with E-state index in [2.05, 4.69) is 9.79 Å². The van der Waals surface area contributed by atoms with Gasteiger partial charge in [-0.05, 0) is 12.1 Å². The summed E-state index contributed by atoms with van der Waals surface area (Å²) < 4.78 is 22.1. The van der Waals surface area contributed by atoms with Crippen molar-refractivity contribution >= 4 is 28.1 Å². The van der Waals surface area contributed by atoms with Gasteiger partial charge in [-0.15, -0.1) is 0 Å². The van der Waals surface area contributed by atoms with Gasteiger partial charge in [0.25, 0.3) is 0 Å². The van der Waals surface area contributed by atoms with Gasteiger partial charge in [0.2, 0.25) is 0 Å². The highest BCUT2D eigenvalue weighted by molar-refractivity contribution is 7.62. The average Bonchev–Trinajstić information content (AvgIpc) is 2.16. The molecular formula is C9H12ClN3O3S. The van der Waals surface area contributed by atoms with Gasteiger partial charge in [0, 0.05) is 19.1 Å². The van der Waals surface area contributed by atoms with E-state index in [1.54, 1.807) is 14.1 Å². The number of benzene rings is 1. The lowest BCUT2D eigenvalue weighted by Gasteiger charge is -2.06. The summed E-state index contributed by atoms with van der Waals surface area (Å²) in [5.41, 5.74) is 2.11. The number of halogens is 1. The van der Waals surface area contributed by atoms with Crippen molar-refractivity contribution in [1.82, 2.24) is 10.4 Å². The summed E-state index contributed by atoms with van der Waals surface area (Å²) in [7, 11) is 0.410. The molecule has 0 atom stereocenters. The first-order chi connectivity index (χ1) is 7.91. The molecule has 0 bridgehead atoms. The highest BCUT2D eigenvalue weighted by atomic mass is 35.5. The number of carbonyl (C=O) groups is 1. The summed E-state index contributed by atoms with van der Waals surface area (Å²) in [6.45, 7) is 0. The summed E-state index contributed by atoms with van der Waals surface area (Å²) in [4.78, 5) is 10.4. The van der Waals surface area contributed by atoms with Crippen molar-refractivity contribution in [3.8, 4) is 0 Å². The molecule has 1 aromatic carbocycles. The number of amides is 2. The Morgan fingerprint density at radius 3 is 2.12 bits per heavy atom. The Morgan fingerprint density at radius 1 is 1.29 bits per heavy atom. The van der Waals surface area contributed by atoms with Crippen LogP contribution in [0.4, 0.5) is 4.79 Å². The number of urea groups is 1. The summed E-state index contributed by atoms with van der Waals surface area (Å²) >= 11 is 5.54. The molecule has 0 aliphatic carbocycles. The topological polar surface area (TPSA) is 78.8 Å². The monoisotopic (exact) mass is 277 g/mol. The number of nitrogens with one attached hydrogen (secondary N) is 1. The van der Waals surface area contributed by atoms with Crippen LogP contribution < -0.4 is 5.43 Å². The maximum absolute atomic E-state index is 10.4. The van der Waals surface area contributed by atoms with Crippen LogP contribution in [0.3, 0.4) is 0 Å². The van der Waals surface area contributed by atoms with E-state index in [4.69, 9.17) is 11.6 Å². The van der Waals surface area contributed by atoms with Crippen LogP contribution in [-0.4, -0.2) is 33.6 Å². The smallest absolute Gasteiger partial charge is 0.268 e. The molecular weight excluding hydrogens is 266 g/mol. The Bertz CT molecular complexity index is 466. The second-order valence-corrected chi connectivity index (χ2v) is 3.97. The van der Waals surface area contributed by atoms with Gasteiger partial charge in [0.1, 0.15) is 0 Å². The van der Waals surface area contributed by atoms with Crippen molar-refractivity contribution in [2.24, 2.45) is 4.36 Å². The third-order valence-electron chi connectivity index (χ3n) is 1.21. The Hall–Kier alpha value is -1.44. The molecule has 94 valence electrons. The number of hydrazine groups is 1. The molecule has 0 heterocycles. The SMILES string of the molecule is CN(C)NC(=O)N=S(=O)=O.Clc1ccccc1. The molecule has 0 saturated heterocycles. The summed E-state index contributed by atoms with van der Waals surface area (Å²) in [6.07, 6.45) is 0. The van der Waals surface area contributed by atoms with Gasteiger partial charge >= 0.3 is 16.5 Å². The summed E-state index contributed by atoms with van der Waals surface area (Å²) in [5, 5.41) is 2.08. The number of carbonyl (C=O) groups excluding carboxylic acids is 1. The maximum Gasteiger partial charge on any atom is 0.370 e. The molecule has 0 aliphatic heterocycles. The fourth-order valence-corrected chi connectivity index (χ4v) is 1.02. The number of nitrogens with zero attached hydrogens (tertiary/aromatic N) is 2. The van der Waals surface area contributed by atoms with Crippen LogP contribution in [0.15, 0.2) is 34.7 Å². The minimum atomic E-state index is -2.68. The first-order valence-corrected chi connectivity index (χ1v) is 5.82. The van der Waals surface area contributed by atoms with Crippen LogP contribution in [0.25, 0.3) is 0 Å². The Labute approximate surface area is 106 Å². The minimum Gasteiger partial charge on any atom is -0.268 e. The molecule has 0 fully saturated rings. The lowest BCUT2D eigenvalue weighted by Crippen LogP contribution is -2.33. The Kier molecular flexibility index (Phi) is 7.95. The molecule has 0 spiro atoms. The molecule has 0 aromatic heterocycles. The van der Waals surface area contributed by atoms with E-state index in [9.17, 15) is 13.2 Å². The molecule has 0 radical (unpaired) electrons. The van der Waals surface area contributed by atoms with Crippen LogP contribution in [-0.2, 0) is 10.5 Å². The van der Waals surface area contributed by atoms with Gasteiger partial charge in [-0.25, -0.2) is 9.80 Å². The fraction of sp³-hybridized carbons (Fsp3) is 0.222. The lowest BCUT2D eigenvalue weighted by atomic mass is 10.4. The highest BCUT2D eigenvalue weighted by Gasteiger charge is 1.96. The molecule has 2 amide bonds. The van der Waals surface area contributed by atoms with E-state index in [1.807, 2.05) is 30.3 Å². The van der Waals surface area contributed by atoms with Crippen molar-refractivity contribution in [3.05, 3.63) is 35.4 Å². The largest absolute Gasteiger partial charge is 0.370 e. The third kappa shape index (κ3) is 10.8. The van der Waals surface area contributed by atoms with Crippen molar-refractivity contribution < 1.29 is 13.2 Å². The molecule has 0 unspecified atom stereocenters. The van der Waals surface area contributed by atoms with Crippen LogP contribution in [0.2, 0.25) is 5.02 Å². The van der Waals surface area contributed by atoms with E-state index in [0.717, 1.165) is 5.02 Å². The molecule has 1 N–H and O–H groups in total. The molecule has 0 aliphatic rings. The van der Waals surface area contributed by atoms with Gasteiger partial charge in [0.15, 0.2) is 0 Å². The minimum absolute atomic E-state index is 0.794. The normalized spacial score (nSPS) is 8.94. The van der Waals surface area contributed by atoms with Crippen molar-refractivity contribution in [1.29, 1.82) is 0 Å². The van der Waals surface area contributed by atoms with Gasteiger partial charge in [-0.2, -0.15) is 8.42 Å². The van der Waals surface area contributed by atoms with Crippen LogP contribution in [0.5, 0.6) is 0 Å². The first-order valence-electron chi connectivity index (χ1n) is 4.41. The van der Waals surface area contributed by atoms with E-state index >= 15 is 0 Å². The zero-order valence-corrected chi connectivity index (χ0v) is 10.9. The quantitative estimate of drug-likeness (QED) is 0.791. The van der Waals surface area contributed by atoms with Crippen LogP contribution >= 0.6 is 11.6 Å². The van der Waals surface area contributed by atoms with E-state index in [-0.39, 0.29) is 0 Å². The zero-order chi connectivity index (χ0) is 13.3. The van der Waals surface area contributed by atoms with E-state index in [0.29, 0.717) is 0 Å². The Balaban J connectivity index is 0.000000318. The van der Waals surface area contributed by atoms with E-state index in [1.165, 1.54) is 5.01 Å². The van der Waals surface area contributed by atoms with Crippen molar-refractivity contribution in [2.75, 3.05) is 14.1 Å². The van der Waals surface area contributed by atoms with Gasteiger partial charge in [0.05, 0.1) is 0 Å². The molecule has 1 rings (SSSR count). The van der Waals surface area contributed by atoms with E-state index < -0.39 is 16.5 Å². The molecule has 8 heteroatoms. The van der Waals surface area contributed by atoms with Crippen LogP contribution in [0, 0.1) is 0 Å².